The van der Waals surface area contributed by atoms with E-state index >= 15 is 0 Å². The van der Waals surface area contributed by atoms with Crippen molar-refractivity contribution in [1.29, 1.82) is 0 Å². The van der Waals surface area contributed by atoms with Crippen LogP contribution >= 0.6 is 0 Å². The van der Waals surface area contributed by atoms with Crippen molar-refractivity contribution in [3.63, 3.8) is 0 Å². The molecule has 0 saturated carbocycles. The number of pyridine rings is 1. The van der Waals surface area contributed by atoms with E-state index < -0.39 is 0 Å². The molecule has 0 atom stereocenters. The molecule has 1 nitrogen and oxygen atoms in total. The molecule has 108 valence electrons. The third-order valence-corrected chi connectivity index (χ3v) is 4.81. The number of fused-ring (bicyclic) bond motifs is 4. The molecule has 0 bridgehead atoms. The highest BCUT2D eigenvalue weighted by Crippen LogP contribution is 2.48. The Morgan fingerprint density at radius 1 is 0.565 bits per heavy atom. The Hall–Kier alpha value is -2.93. The van der Waals surface area contributed by atoms with Crippen LogP contribution in [-0.4, -0.2) is 4.98 Å². The lowest BCUT2D eigenvalue weighted by molar-refractivity contribution is 1.02. The number of nitrogens with zero attached hydrogens (tertiary/aromatic N) is 1. The van der Waals surface area contributed by atoms with Crippen molar-refractivity contribution in [1.82, 2.24) is 4.98 Å². The van der Waals surface area contributed by atoms with E-state index in [1.807, 2.05) is 12.3 Å². The Kier molecular flexibility index (Phi) is 2.62. The van der Waals surface area contributed by atoms with Crippen LogP contribution in [0.15, 0.2) is 85.1 Å². The van der Waals surface area contributed by atoms with Crippen LogP contribution in [0.25, 0.3) is 22.0 Å². The first-order valence-corrected chi connectivity index (χ1v) is 7.95. The number of para-hydroxylation sites is 1. The van der Waals surface area contributed by atoms with Gasteiger partial charge in [-0.25, -0.2) is 0 Å². The number of aromatic nitrogens is 1. The summed E-state index contributed by atoms with van der Waals surface area (Å²) in [6.45, 7) is 0. The predicted octanol–water partition coefficient (Wildman–Crippen LogP) is 5.40. The lowest BCUT2D eigenvalue weighted by Crippen LogP contribution is -2.01. The summed E-state index contributed by atoms with van der Waals surface area (Å²) in [5, 5.41) is 1.20. The van der Waals surface area contributed by atoms with Gasteiger partial charge in [0.25, 0.3) is 0 Å². The zero-order valence-corrected chi connectivity index (χ0v) is 12.6. The average Bonchev–Trinajstić information content (AvgIpc) is 2.96. The second-order valence-electron chi connectivity index (χ2n) is 6.03. The highest BCUT2D eigenvalue weighted by Gasteiger charge is 2.30. The van der Waals surface area contributed by atoms with Gasteiger partial charge in [-0.3, -0.25) is 4.98 Å². The minimum absolute atomic E-state index is 0.265. The second-order valence-corrected chi connectivity index (χ2v) is 6.03. The summed E-state index contributed by atoms with van der Waals surface area (Å²) >= 11 is 0. The Morgan fingerprint density at radius 2 is 1.17 bits per heavy atom. The van der Waals surface area contributed by atoms with E-state index in [1.165, 1.54) is 33.2 Å². The fraction of sp³-hybridized carbons (Fsp3) is 0.0455. The van der Waals surface area contributed by atoms with E-state index in [9.17, 15) is 0 Å². The van der Waals surface area contributed by atoms with E-state index in [4.69, 9.17) is 0 Å². The first-order chi connectivity index (χ1) is 11.4. The van der Waals surface area contributed by atoms with Crippen LogP contribution in [0.1, 0.15) is 22.6 Å². The molecule has 1 aromatic heterocycles. The molecule has 1 heterocycles. The number of hydrogen-bond donors (Lipinski definition) is 0. The fourth-order valence-corrected chi connectivity index (χ4v) is 3.85. The molecule has 0 radical (unpaired) electrons. The molecule has 1 aliphatic rings. The standard InChI is InChI=1S/C22H15N/c1-3-11-18-16(9-1)17-10-2-4-12-19(17)21(18)20-13-5-7-15-8-6-14-23-22(15)20/h1-14,21H. The summed E-state index contributed by atoms with van der Waals surface area (Å²) < 4.78 is 0. The SMILES string of the molecule is c1ccc2c(c1)-c1ccccc1C2c1cccc2cccnc12. The largest absolute Gasteiger partial charge is 0.256 e. The third-order valence-electron chi connectivity index (χ3n) is 4.81. The van der Waals surface area contributed by atoms with Crippen LogP contribution in [-0.2, 0) is 0 Å². The molecular formula is C22H15N. The molecule has 0 unspecified atom stereocenters. The smallest absolute Gasteiger partial charge is 0.0743 e. The summed E-state index contributed by atoms with van der Waals surface area (Å²) in [4.78, 5) is 4.67. The van der Waals surface area contributed by atoms with Gasteiger partial charge in [-0.1, -0.05) is 72.8 Å². The van der Waals surface area contributed by atoms with Gasteiger partial charge >= 0.3 is 0 Å². The molecule has 5 rings (SSSR count). The average molecular weight is 293 g/mol. The van der Waals surface area contributed by atoms with E-state index in [0.717, 1.165) is 5.52 Å². The van der Waals surface area contributed by atoms with E-state index in [2.05, 4.69) is 77.8 Å². The third kappa shape index (κ3) is 1.77. The zero-order valence-electron chi connectivity index (χ0n) is 12.6. The molecule has 0 fully saturated rings. The van der Waals surface area contributed by atoms with Gasteiger partial charge in [0, 0.05) is 17.5 Å². The topological polar surface area (TPSA) is 12.9 Å². The number of rotatable bonds is 1. The van der Waals surface area contributed by atoms with Crippen molar-refractivity contribution in [2.24, 2.45) is 0 Å². The summed E-state index contributed by atoms with van der Waals surface area (Å²) in [5.41, 5.74) is 7.85. The monoisotopic (exact) mass is 293 g/mol. The lowest BCUT2D eigenvalue weighted by atomic mass is 9.88. The maximum atomic E-state index is 4.67. The highest BCUT2D eigenvalue weighted by atomic mass is 14.7. The second kappa shape index (κ2) is 4.79. The minimum Gasteiger partial charge on any atom is -0.256 e. The molecule has 0 aliphatic heterocycles. The van der Waals surface area contributed by atoms with Crippen LogP contribution in [0, 0.1) is 0 Å². The lowest BCUT2D eigenvalue weighted by Gasteiger charge is -2.16. The number of benzene rings is 3. The van der Waals surface area contributed by atoms with E-state index in [0.29, 0.717) is 0 Å². The van der Waals surface area contributed by atoms with Crippen molar-refractivity contribution in [3.8, 4) is 11.1 Å². The van der Waals surface area contributed by atoms with Crippen molar-refractivity contribution in [3.05, 3.63) is 102 Å². The van der Waals surface area contributed by atoms with Crippen molar-refractivity contribution >= 4 is 10.9 Å². The van der Waals surface area contributed by atoms with Crippen LogP contribution in [0.4, 0.5) is 0 Å². The first-order valence-electron chi connectivity index (χ1n) is 7.95. The molecule has 1 aliphatic carbocycles. The van der Waals surface area contributed by atoms with Gasteiger partial charge < -0.3 is 0 Å². The number of hydrogen-bond acceptors (Lipinski definition) is 1. The first kappa shape index (κ1) is 12.6. The normalized spacial score (nSPS) is 13.0. The van der Waals surface area contributed by atoms with Gasteiger partial charge in [-0.2, -0.15) is 0 Å². The molecule has 0 saturated heterocycles. The summed E-state index contributed by atoms with van der Waals surface area (Å²) in [5.74, 6) is 0.265. The molecule has 0 amide bonds. The van der Waals surface area contributed by atoms with Gasteiger partial charge in [0.15, 0.2) is 0 Å². The molecule has 0 N–H and O–H groups in total. The Bertz CT molecular complexity index is 982. The molecule has 1 heteroatoms. The van der Waals surface area contributed by atoms with Crippen LogP contribution in [0.5, 0.6) is 0 Å². The quantitative estimate of drug-likeness (QED) is 0.403. The maximum absolute atomic E-state index is 4.67. The van der Waals surface area contributed by atoms with Gasteiger partial charge in [-0.05, 0) is 33.9 Å². The van der Waals surface area contributed by atoms with E-state index in [1.54, 1.807) is 0 Å². The van der Waals surface area contributed by atoms with Crippen LogP contribution in [0.2, 0.25) is 0 Å². The van der Waals surface area contributed by atoms with Gasteiger partial charge in [0.05, 0.1) is 5.52 Å². The van der Waals surface area contributed by atoms with Gasteiger partial charge in [-0.15, -0.1) is 0 Å². The van der Waals surface area contributed by atoms with Crippen molar-refractivity contribution < 1.29 is 0 Å². The zero-order chi connectivity index (χ0) is 15.2. The summed E-state index contributed by atoms with van der Waals surface area (Å²) in [6, 6.07) is 28.1. The Morgan fingerprint density at radius 3 is 1.91 bits per heavy atom. The predicted molar refractivity (Wildman–Crippen MR) is 94.6 cm³/mol. The van der Waals surface area contributed by atoms with Gasteiger partial charge in [0.2, 0.25) is 0 Å². The molecule has 23 heavy (non-hydrogen) atoms. The highest BCUT2D eigenvalue weighted by molar-refractivity contribution is 5.87. The Balaban J connectivity index is 1.86. The molecule has 4 aromatic rings. The Labute approximate surface area is 135 Å². The molecule has 3 aromatic carbocycles. The maximum Gasteiger partial charge on any atom is 0.0743 e. The molecular weight excluding hydrogens is 278 g/mol. The fourth-order valence-electron chi connectivity index (χ4n) is 3.85. The molecule has 0 spiro atoms. The minimum atomic E-state index is 0.265. The summed E-state index contributed by atoms with van der Waals surface area (Å²) in [6.07, 6.45) is 1.89. The van der Waals surface area contributed by atoms with E-state index in [-0.39, 0.29) is 5.92 Å². The van der Waals surface area contributed by atoms with Gasteiger partial charge in [0.1, 0.15) is 0 Å². The van der Waals surface area contributed by atoms with Crippen LogP contribution < -0.4 is 0 Å². The van der Waals surface area contributed by atoms with Crippen molar-refractivity contribution in [2.75, 3.05) is 0 Å². The van der Waals surface area contributed by atoms with Crippen LogP contribution in [0.3, 0.4) is 0 Å². The van der Waals surface area contributed by atoms with Crippen molar-refractivity contribution in [2.45, 2.75) is 5.92 Å². The summed E-state index contributed by atoms with van der Waals surface area (Å²) in [7, 11) is 0.